The Balaban J connectivity index is 2.14. The summed E-state index contributed by atoms with van der Waals surface area (Å²) in [6, 6.07) is 7.51. The summed E-state index contributed by atoms with van der Waals surface area (Å²) in [6.07, 6.45) is -0.122. The fourth-order valence-electron chi connectivity index (χ4n) is 2.17. The highest BCUT2D eigenvalue weighted by atomic mass is 16.7. The summed E-state index contributed by atoms with van der Waals surface area (Å²) >= 11 is 0. The zero-order valence-corrected chi connectivity index (χ0v) is 11.3. The molecule has 1 fully saturated rings. The molecule has 2 rings (SSSR count). The third-order valence-electron chi connectivity index (χ3n) is 3.15. The van der Waals surface area contributed by atoms with Gasteiger partial charge in [-0.15, -0.1) is 0 Å². The monoisotopic (exact) mass is 266 g/mol. The van der Waals surface area contributed by atoms with Gasteiger partial charge in [0.15, 0.2) is 5.79 Å². The highest BCUT2D eigenvalue weighted by Gasteiger charge is 2.41. The van der Waals surface area contributed by atoms with Crippen LogP contribution in [0.2, 0.25) is 0 Å². The van der Waals surface area contributed by atoms with Crippen LogP contribution in [0.4, 0.5) is 0 Å². The number of carbonyl (C=O) groups excluding carboxylic acids is 1. The Kier molecular flexibility index (Phi) is 4.07. The minimum atomic E-state index is -0.898. The first-order valence-electron chi connectivity index (χ1n) is 6.11. The molecule has 0 spiro atoms. The number of para-hydroxylation sites is 1. The van der Waals surface area contributed by atoms with Crippen molar-refractivity contribution in [3.8, 4) is 5.75 Å². The Labute approximate surface area is 112 Å². The van der Waals surface area contributed by atoms with Crippen LogP contribution in [0.3, 0.4) is 0 Å². The van der Waals surface area contributed by atoms with Crippen LogP contribution in [0.25, 0.3) is 0 Å². The quantitative estimate of drug-likeness (QED) is 0.778. The molecule has 1 aliphatic heterocycles. The number of ether oxygens (including phenoxy) is 4. The van der Waals surface area contributed by atoms with E-state index >= 15 is 0 Å². The van der Waals surface area contributed by atoms with Crippen LogP contribution >= 0.6 is 0 Å². The number of rotatable bonds is 4. The number of benzene rings is 1. The Morgan fingerprint density at radius 1 is 1.42 bits per heavy atom. The van der Waals surface area contributed by atoms with Crippen molar-refractivity contribution in [2.24, 2.45) is 0 Å². The molecule has 2 atom stereocenters. The molecule has 1 aromatic rings. The molecule has 1 aromatic carbocycles. The molecule has 0 aromatic heterocycles. The molecule has 0 amide bonds. The van der Waals surface area contributed by atoms with Crippen LogP contribution in [-0.2, 0) is 24.8 Å². The molecular formula is C14H18O5. The molecule has 0 radical (unpaired) electrons. The van der Waals surface area contributed by atoms with Crippen LogP contribution in [0.1, 0.15) is 18.9 Å². The zero-order valence-electron chi connectivity index (χ0n) is 11.3. The van der Waals surface area contributed by atoms with Crippen molar-refractivity contribution in [3.05, 3.63) is 29.8 Å². The van der Waals surface area contributed by atoms with E-state index in [9.17, 15) is 4.79 Å². The number of hydrogen-bond donors (Lipinski definition) is 0. The molecule has 0 N–H and O–H groups in total. The van der Waals surface area contributed by atoms with Gasteiger partial charge >= 0.3 is 5.97 Å². The number of hydrogen-bond acceptors (Lipinski definition) is 5. The van der Waals surface area contributed by atoms with Gasteiger partial charge in [0.2, 0.25) is 0 Å². The largest absolute Gasteiger partial charge is 0.496 e. The molecule has 19 heavy (non-hydrogen) atoms. The molecule has 0 saturated carbocycles. The van der Waals surface area contributed by atoms with E-state index in [2.05, 4.69) is 4.74 Å². The topological polar surface area (TPSA) is 54.0 Å². The van der Waals surface area contributed by atoms with Gasteiger partial charge in [-0.05, 0) is 19.1 Å². The maximum atomic E-state index is 11.3. The lowest BCUT2D eigenvalue weighted by Gasteiger charge is -2.25. The molecule has 5 heteroatoms. The first-order chi connectivity index (χ1) is 9.09. The van der Waals surface area contributed by atoms with Crippen molar-refractivity contribution in [1.29, 1.82) is 0 Å². The van der Waals surface area contributed by atoms with Crippen molar-refractivity contribution < 1.29 is 23.7 Å². The van der Waals surface area contributed by atoms with Crippen molar-refractivity contribution in [3.63, 3.8) is 0 Å². The summed E-state index contributed by atoms with van der Waals surface area (Å²) in [5.41, 5.74) is 0.810. The van der Waals surface area contributed by atoms with E-state index in [4.69, 9.17) is 14.2 Å². The van der Waals surface area contributed by atoms with Crippen molar-refractivity contribution in [2.75, 3.05) is 20.8 Å². The minimum absolute atomic E-state index is 0.182. The SMILES string of the molecule is COC(=O)CC1COC(C)(c2ccccc2OC)O1. The fraction of sp³-hybridized carbons (Fsp3) is 0.500. The van der Waals surface area contributed by atoms with Gasteiger partial charge < -0.3 is 18.9 Å². The Bertz CT molecular complexity index is 459. The van der Waals surface area contributed by atoms with Gasteiger partial charge in [0.05, 0.1) is 38.9 Å². The van der Waals surface area contributed by atoms with Crippen LogP contribution in [0, 0.1) is 0 Å². The maximum Gasteiger partial charge on any atom is 0.308 e. The van der Waals surface area contributed by atoms with Crippen molar-refractivity contribution >= 4 is 5.97 Å². The van der Waals surface area contributed by atoms with Gasteiger partial charge in [-0.3, -0.25) is 4.79 Å². The van der Waals surface area contributed by atoms with Gasteiger partial charge in [-0.1, -0.05) is 12.1 Å². The molecule has 2 unspecified atom stereocenters. The number of carbonyl (C=O) groups is 1. The van der Waals surface area contributed by atoms with Crippen LogP contribution in [-0.4, -0.2) is 32.9 Å². The van der Waals surface area contributed by atoms with E-state index < -0.39 is 5.79 Å². The van der Waals surface area contributed by atoms with Gasteiger partial charge in [0.1, 0.15) is 5.75 Å². The van der Waals surface area contributed by atoms with E-state index in [0.717, 1.165) is 5.56 Å². The molecule has 0 bridgehead atoms. The van der Waals surface area contributed by atoms with Crippen LogP contribution in [0.15, 0.2) is 24.3 Å². The molecular weight excluding hydrogens is 248 g/mol. The second kappa shape index (κ2) is 5.59. The first kappa shape index (κ1) is 13.8. The third kappa shape index (κ3) is 2.88. The van der Waals surface area contributed by atoms with E-state index in [1.165, 1.54) is 7.11 Å². The van der Waals surface area contributed by atoms with Crippen LogP contribution in [0.5, 0.6) is 5.75 Å². The lowest BCUT2D eigenvalue weighted by Crippen LogP contribution is -2.25. The summed E-state index contributed by atoms with van der Waals surface area (Å²) in [4.78, 5) is 11.3. The van der Waals surface area contributed by atoms with Gasteiger partial charge in [0, 0.05) is 0 Å². The molecule has 1 heterocycles. The highest BCUT2D eigenvalue weighted by Crippen LogP contribution is 2.39. The molecule has 104 valence electrons. The summed E-state index contributed by atoms with van der Waals surface area (Å²) in [7, 11) is 2.96. The van der Waals surface area contributed by atoms with Crippen LogP contribution < -0.4 is 4.74 Å². The summed E-state index contributed by atoms with van der Waals surface area (Å²) in [5.74, 6) is -0.507. The second-order valence-corrected chi connectivity index (χ2v) is 4.48. The van der Waals surface area contributed by atoms with E-state index in [-0.39, 0.29) is 18.5 Å². The van der Waals surface area contributed by atoms with E-state index in [1.807, 2.05) is 31.2 Å². The lowest BCUT2D eigenvalue weighted by molar-refractivity contribution is -0.167. The zero-order chi connectivity index (χ0) is 13.9. The Hall–Kier alpha value is -1.59. The van der Waals surface area contributed by atoms with Gasteiger partial charge in [-0.25, -0.2) is 0 Å². The summed E-state index contributed by atoms with van der Waals surface area (Å²) in [5, 5.41) is 0. The Morgan fingerprint density at radius 2 is 2.16 bits per heavy atom. The minimum Gasteiger partial charge on any atom is -0.496 e. The van der Waals surface area contributed by atoms with E-state index in [0.29, 0.717) is 12.4 Å². The normalized spacial score (nSPS) is 26.2. The molecule has 1 saturated heterocycles. The molecule has 5 nitrogen and oxygen atoms in total. The Morgan fingerprint density at radius 3 is 2.84 bits per heavy atom. The second-order valence-electron chi connectivity index (χ2n) is 4.48. The van der Waals surface area contributed by atoms with Gasteiger partial charge in [-0.2, -0.15) is 0 Å². The predicted octanol–water partition coefficient (Wildman–Crippen LogP) is 1.85. The average molecular weight is 266 g/mol. The molecule has 1 aliphatic rings. The third-order valence-corrected chi connectivity index (χ3v) is 3.15. The number of esters is 1. The van der Waals surface area contributed by atoms with E-state index in [1.54, 1.807) is 7.11 Å². The maximum absolute atomic E-state index is 11.3. The standard InChI is InChI=1S/C14H18O5/c1-14(11-6-4-5-7-12(11)16-2)18-9-10(19-14)8-13(15)17-3/h4-7,10H,8-9H2,1-3H3. The smallest absolute Gasteiger partial charge is 0.308 e. The number of methoxy groups -OCH3 is 2. The highest BCUT2D eigenvalue weighted by molar-refractivity contribution is 5.69. The van der Waals surface area contributed by atoms with Crippen molar-refractivity contribution in [1.82, 2.24) is 0 Å². The first-order valence-corrected chi connectivity index (χ1v) is 6.11. The fourth-order valence-corrected chi connectivity index (χ4v) is 2.17. The summed E-state index contributed by atoms with van der Waals surface area (Å²) in [6.45, 7) is 2.17. The summed E-state index contributed by atoms with van der Waals surface area (Å²) < 4.78 is 21.5. The predicted molar refractivity (Wildman–Crippen MR) is 67.8 cm³/mol. The lowest BCUT2D eigenvalue weighted by atomic mass is 10.1. The average Bonchev–Trinajstić information content (AvgIpc) is 2.81. The van der Waals surface area contributed by atoms with Crippen molar-refractivity contribution in [2.45, 2.75) is 25.2 Å². The van der Waals surface area contributed by atoms with Gasteiger partial charge in [0.25, 0.3) is 0 Å². The molecule has 0 aliphatic carbocycles.